The number of benzene rings is 1. The Labute approximate surface area is 142 Å². The topological polar surface area (TPSA) is 33.2 Å². The summed E-state index contributed by atoms with van der Waals surface area (Å²) in [5, 5.41) is 1.80. The number of hydrogen-bond acceptors (Lipinski definition) is 3. The van der Waals surface area contributed by atoms with Crippen molar-refractivity contribution in [3.63, 3.8) is 0 Å². The van der Waals surface area contributed by atoms with Gasteiger partial charge in [-0.1, -0.05) is 18.2 Å². The summed E-state index contributed by atoms with van der Waals surface area (Å²) in [6, 6.07) is 9.64. The Hall–Kier alpha value is -2.60. The van der Waals surface area contributed by atoms with Crippen LogP contribution in [0.4, 0.5) is 8.78 Å². The van der Waals surface area contributed by atoms with Gasteiger partial charge in [-0.2, -0.15) is 0 Å². The largest absolute Gasteiger partial charge is 0.330 e. The molecule has 0 aliphatic heterocycles. The Bertz CT molecular complexity index is 837. The summed E-state index contributed by atoms with van der Waals surface area (Å²) in [5.41, 5.74) is 0.868. The van der Waals surface area contributed by atoms with Crippen molar-refractivity contribution in [2.24, 2.45) is 0 Å². The van der Waals surface area contributed by atoms with Crippen LogP contribution in [0, 0.1) is 11.6 Å². The van der Waals surface area contributed by atoms with E-state index in [9.17, 15) is 13.6 Å². The third-order valence-electron chi connectivity index (χ3n) is 3.70. The van der Waals surface area contributed by atoms with Crippen molar-refractivity contribution >= 4 is 17.2 Å². The van der Waals surface area contributed by atoms with Crippen LogP contribution in [0.5, 0.6) is 0 Å². The second-order valence-corrected chi connectivity index (χ2v) is 6.20. The molecule has 24 heavy (non-hydrogen) atoms. The summed E-state index contributed by atoms with van der Waals surface area (Å²) in [5.74, 6) is -1.59. The van der Waals surface area contributed by atoms with Gasteiger partial charge in [0.25, 0.3) is 5.91 Å². The van der Waals surface area contributed by atoms with E-state index in [0.29, 0.717) is 10.4 Å². The fraction of sp³-hybridized carbons (Fsp3) is 0.111. The number of pyridine rings is 1. The van der Waals surface area contributed by atoms with E-state index in [2.05, 4.69) is 4.98 Å². The Kier molecular flexibility index (Phi) is 4.66. The van der Waals surface area contributed by atoms with Gasteiger partial charge in [0.1, 0.15) is 11.6 Å². The van der Waals surface area contributed by atoms with Gasteiger partial charge in [-0.25, -0.2) is 8.78 Å². The van der Waals surface area contributed by atoms with Gasteiger partial charge >= 0.3 is 0 Å². The minimum atomic E-state index is -0.700. The molecule has 0 spiro atoms. The van der Waals surface area contributed by atoms with E-state index in [4.69, 9.17) is 0 Å². The highest BCUT2D eigenvalue weighted by Gasteiger charge is 2.27. The standard InChI is InChI=1S/C18H14F2N2OS/c1-22(18(23)16-5-3-9-24-16)17(12-4-2-8-21-11-12)14-7-6-13(19)10-15(14)20/h2-11,17H,1H3. The van der Waals surface area contributed by atoms with Gasteiger partial charge in [0.2, 0.25) is 0 Å². The summed E-state index contributed by atoms with van der Waals surface area (Å²) in [7, 11) is 1.60. The number of hydrogen-bond donors (Lipinski definition) is 0. The van der Waals surface area contributed by atoms with Crippen LogP contribution in [0.2, 0.25) is 0 Å². The molecule has 2 aromatic heterocycles. The van der Waals surface area contributed by atoms with E-state index in [-0.39, 0.29) is 11.5 Å². The van der Waals surface area contributed by atoms with Gasteiger partial charge in [-0.3, -0.25) is 9.78 Å². The third-order valence-corrected chi connectivity index (χ3v) is 4.55. The molecule has 1 aromatic carbocycles. The van der Waals surface area contributed by atoms with E-state index < -0.39 is 17.7 Å². The molecule has 1 unspecified atom stereocenters. The summed E-state index contributed by atoms with van der Waals surface area (Å²) in [6.07, 6.45) is 3.17. The molecule has 0 aliphatic rings. The molecule has 122 valence electrons. The van der Waals surface area contributed by atoms with Crippen LogP contribution in [-0.4, -0.2) is 22.8 Å². The Morgan fingerprint density at radius 1 is 1.21 bits per heavy atom. The highest BCUT2D eigenvalue weighted by atomic mass is 32.1. The molecule has 2 heterocycles. The molecule has 3 rings (SSSR count). The summed E-state index contributed by atoms with van der Waals surface area (Å²) in [6.45, 7) is 0. The smallest absolute Gasteiger partial charge is 0.264 e. The van der Waals surface area contributed by atoms with Gasteiger partial charge in [0.05, 0.1) is 10.9 Å². The molecular formula is C18H14F2N2OS. The lowest BCUT2D eigenvalue weighted by atomic mass is 9.98. The summed E-state index contributed by atoms with van der Waals surface area (Å²) < 4.78 is 27.6. The number of amides is 1. The number of aromatic nitrogens is 1. The molecule has 6 heteroatoms. The molecule has 0 aliphatic carbocycles. The van der Waals surface area contributed by atoms with Crippen LogP contribution >= 0.6 is 11.3 Å². The van der Waals surface area contributed by atoms with Gasteiger partial charge in [-0.15, -0.1) is 11.3 Å². The first-order valence-electron chi connectivity index (χ1n) is 7.23. The maximum absolute atomic E-state index is 14.4. The number of carbonyl (C=O) groups excluding carboxylic acids is 1. The zero-order valence-corrected chi connectivity index (χ0v) is 13.6. The van der Waals surface area contributed by atoms with Crippen LogP contribution < -0.4 is 0 Å². The second kappa shape index (κ2) is 6.88. The molecular weight excluding hydrogens is 330 g/mol. The second-order valence-electron chi connectivity index (χ2n) is 5.25. The first kappa shape index (κ1) is 16.3. The minimum absolute atomic E-state index is 0.219. The van der Waals surface area contributed by atoms with Crippen LogP contribution in [0.1, 0.15) is 26.8 Å². The molecule has 0 fully saturated rings. The van der Waals surface area contributed by atoms with E-state index in [1.54, 1.807) is 49.1 Å². The number of halogens is 2. The van der Waals surface area contributed by atoms with Crippen molar-refractivity contribution in [1.29, 1.82) is 0 Å². The van der Waals surface area contributed by atoms with E-state index in [1.807, 2.05) is 0 Å². The number of thiophene rings is 1. The van der Waals surface area contributed by atoms with Crippen molar-refractivity contribution < 1.29 is 13.6 Å². The number of carbonyl (C=O) groups is 1. The normalized spacial score (nSPS) is 12.0. The fourth-order valence-electron chi connectivity index (χ4n) is 2.56. The maximum atomic E-state index is 14.4. The zero-order chi connectivity index (χ0) is 17.1. The molecule has 0 bridgehead atoms. The van der Waals surface area contributed by atoms with Gasteiger partial charge in [0.15, 0.2) is 0 Å². The minimum Gasteiger partial charge on any atom is -0.330 e. The molecule has 0 N–H and O–H groups in total. The van der Waals surface area contributed by atoms with Crippen molar-refractivity contribution in [2.75, 3.05) is 7.05 Å². The Balaban J connectivity index is 2.07. The van der Waals surface area contributed by atoms with Crippen LogP contribution in [0.3, 0.4) is 0 Å². The highest BCUT2D eigenvalue weighted by molar-refractivity contribution is 7.12. The Morgan fingerprint density at radius 3 is 2.67 bits per heavy atom. The lowest BCUT2D eigenvalue weighted by Crippen LogP contribution is -2.32. The van der Waals surface area contributed by atoms with Gasteiger partial charge in [0, 0.05) is 31.1 Å². The number of rotatable bonds is 4. The molecule has 1 amide bonds. The van der Waals surface area contributed by atoms with Crippen molar-refractivity contribution in [3.05, 3.63) is 87.9 Å². The zero-order valence-electron chi connectivity index (χ0n) is 12.8. The average molecular weight is 344 g/mol. The van der Waals surface area contributed by atoms with Crippen molar-refractivity contribution in [1.82, 2.24) is 9.88 Å². The summed E-state index contributed by atoms with van der Waals surface area (Å²) >= 11 is 1.31. The Morgan fingerprint density at radius 2 is 2.04 bits per heavy atom. The van der Waals surface area contributed by atoms with E-state index in [0.717, 1.165) is 6.07 Å². The molecule has 1 atom stereocenters. The summed E-state index contributed by atoms with van der Waals surface area (Å²) in [4.78, 5) is 18.7. The fourth-order valence-corrected chi connectivity index (χ4v) is 3.27. The maximum Gasteiger partial charge on any atom is 0.264 e. The molecule has 0 radical (unpaired) electrons. The SMILES string of the molecule is CN(C(=O)c1cccs1)C(c1cccnc1)c1ccc(F)cc1F. The number of nitrogens with zero attached hydrogens (tertiary/aromatic N) is 2. The molecule has 3 nitrogen and oxygen atoms in total. The predicted octanol–water partition coefficient (Wildman–Crippen LogP) is 4.28. The molecule has 3 aromatic rings. The van der Waals surface area contributed by atoms with Crippen LogP contribution in [0.15, 0.2) is 60.2 Å². The lowest BCUT2D eigenvalue weighted by Gasteiger charge is -2.29. The molecule has 0 saturated heterocycles. The quantitative estimate of drug-likeness (QED) is 0.708. The highest BCUT2D eigenvalue weighted by Crippen LogP contribution is 2.31. The van der Waals surface area contributed by atoms with Crippen LogP contribution in [0.25, 0.3) is 0 Å². The third kappa shape index (κ3) is 3.19. The lowest BCUT2D eigenvalue weighted by molar-refractivity contribution is 0.0758. The monoisotopic (exact) mass is 344 g/mol. The van der Waals surface area contributed by atoms with Gasteiger partial charge < -0.3 is 4.90 Å². The van der Waals surface area contributed by atoms with Crippen molar-refractivity contribution in [2.45, 2.75) is 6.04 Å². The van der Waals surface area contributed by atoms with E-state index >= 15 is 0 Å². The first-order valence-corrected chi connectivity index (χ1v) is 8.11. The van der Waals surface area contributed by atoms with Crippen LogP contribution in [-0.2, 0) is 0 Å². The first-order chi connectivity index (χ1) is 11.6. The predicted molar refractivity (Wildman–Crippen MR) is 88.9 cm³/mol. The average Bonchev–Trinajstić information content (AvgIpc) is 3.12. The van der Waals surface area contributed by atoms with Crippen molar-refractivity contribution in [3.8, 4) is 0 Å². The van der Waals surface area contributed by atoms with Gasteiger partial charge in [-0.05, 0) is 29.1 Å². The van der Waals surface area contributed by atoms with E-state index in [1.165, 1.54) is 28.4 Å². The molecule has 0 saturated carbocycles.